The molecule has 0 fully saturated rings. The Morgan fingerprint density at radius 2 is 1.50 bits per heavy atom. The summed E-state index contributed by atoms with van der Waals surface area (Å²) >= 11 is 0. The van der Waals surface area contributed by atoms with E-state index in [2.05, 4.69) is 10.6 Å². The molecule has 0 saturated heterocycles. The van der Waals surface area contributed by atoms with Crippen LogP contribution in [0.4, 0.5) is 0 Å². The number of aryl methyl sites for hydroxylation is 1. The van der Waals surface area contributed by atoms with Gasteiger partial charge in [0.2, 0.25) is 17.7 Å². The van der Waals surface area contributed by atoms with Crippen molar-refractivity contribution in [2.45, 2.75) is 37.9 Å². The number of benzene rings is 2. The second-order valence-corrected chi connectivity index (χ2v) is 8.71. The number of nitrogens with two attached hydrogens (primary N) is 3. The fourth-order valence-corrected chi connectivity index (χ4v) is 3.99. The summed E-state index contributed by atoms with van der Waals surface area (Å²) < 4.78 is 10.8. The van der Waals surface area contributed by atoms with Crippen molar-refractivity contribution >= 4 is 17.7 Å². The molecular formula is C27H40N6O5. The van der Waals surface area contributed by atoms with Crippen molar-refractivity contribution in [2.24, 2.45) is 17.2 Å². The Balaban J connectivity index is 2.12. The van der Waals surface area contributed by atoms with Crippen LogP contribution < -0.4 is 37.3 Å². The number of methoxy groups -OCH3 is 2. The van der Waals surface area contributed by atoms with Gasteiger partial charge in [-0.25, -0.2) is 0 Å². The minimum Gasteiger partial charge on any atom is -0.496 e. The first-order valence-electron chi connectivity index (χ1n) is 12.6. The smallest absolute Gasteiger partial charge is 0.242 e. The highest BCUT2D eigenvalue weighted by Crippen LogP contribution is 2.27. The highest BCUT2D eigenvalue weighted by Gasteiger charge is 2.26. The number of amides is 3. The van der Waals surface area contributed by atoms with E-state index in [0.717, 1.165) is 5.56 Å². The molecule has 0 aliphatic heterocycles. The molecule has 2 rings (SSSR count). The summed E-state index contributed by atoms with van der Waals surface area (Å²) in [5, 5.41) is 5.59. The minimum absolute atomic E-state index is 0.126. The van der Waals surface area contributed by atoms with Gasteiger partial charge in [-0.15, -0.1) is 0 Å². The van der Waals surface area contributed by atoms with Crippen molar-refractivity contribution in [1.82, 2.24) is 15.5 Å². The third-order valence-electron chi connectivity index (χ3n) is 6.05. The molecule has 0 aliphatic carbocycles. The van der Waals surface area contributed by atoms with E-state index >= 15 is 0 Å². The molecule has 0 bridgehead atoms. The van der Waals surface area contributed by atoms with Gasteiger partial charge in [-0.2, -0.15) is 0 Å². The Hall–Kier alpha value is -3.67. The number of ether oxygens (including phenoxy) is 2. The lowest BCUT2D eigenvalue weighted by Gasteiger charge is -2.24. The maximum Gasteiger partial charge on any atom is 0.242 e. The molecule has 0 radical (unpaired) electrons. The van der Waals surface area contributed by atoms with Crippen LogP contribution in [0.15, 0.2) is 48.5 Å². The molecule has 11 nitrogen and oxygen atoms in total. The summed E-state index contributed by atoms with van der Waals surface area (Å²) in [7, 11) is 3.07. The van der Waals surface area contributed by atoms with Crippen molar-refractivity contribution in [1.29, 1.82) is 0 Å². The molecule has 2 aromatic rings. The van der Waals surface area contributed by atoms with Gasteiger partial charge in [0.05, 0.1) is 38.8 Å². The quantitative estimate of drug-likeness (QED) is 0.201. The lowest BCUT2D eigenvalue weighted by molar-refractivity contribution is -0.135. The molecule has 0 saturated carbocycles. The number of nitrogens with zero attached hydrogens (tertiary/aromatic N) is 1. The van der Waals surface area contributed by atoms with Gasteiger partial charge >= 0.3 is 0 Å². The van der Waals surface area contributed by atoms with Gasteiger partial charge in [0.15, 0.2) is 0 Å². The van der Waals surface area contributed by atoms with Gasteiger partial charge in [0.1, 0.15) is 17.5 Å². The van der Waals surface area contributed by atoms with E-state index in [1.54, 1.807) is 18.2 Å². The van der Waals surface area contributed by atoms with E-state index in [1.165, 1.54) is 19.1 Å². The summed E-state index contributed by atoms with van der Waals surface area (Å²) in [4.78, 5) is 40.3. The standard InChI is InChI=1S/C27H40N6O5/c1-37-23-9-6-10-24(38-2)20(23)18-31-27(36)22(12-11-19-7-4-3-5-8-19)32-26(35)21(30)17-25(34)33(15-13-28)16-14-29/h3-10,21-22H,11-18,28-30H2,1-2H3,(H,31,36)(H,32,35). The first-order valence-corrected chi connectivity index (χ1v) is 12.6. The number of carbonyl (C=O) groups excluding carboxylic acids is 3. The molecule has 0 aromatic heterocycles. The van der Waals surface area contributed by atoms with Crippen LogP contribution in [0.2, 0.25) is 0 Å². The summed E-state index contributed by atoms with van der Waals surface area (Å²) in [6.07, 6.45) is 0.654. The van der Waals surface area contributed by atoms with Crippen LogP contribution in [-0.2, 0) is 27.3 Å². The molecule has 2 aromatic carbocycles. The summed E-state index contributed by atoms with van der Waals surface area (Å²) in [6, 6.07) is 12.9. The molecule has 8 N–H and O–H groups in total. The molecular weight excluding hydrogens is 488 g/mol. The van der Waals surface area contributed by atoms with Gasteiger partial charge < -0.3 is 42.2 Å². The zero-order chi connectivity index (χ0) is 27.9. The van der Waals surface area contributed by atoms with Crippen molar-refractivity contribution < 1.29 is 23.9 Å². The number of hydrogen-bond acceptors (Lipinski definition) is 8. The zero-order valence-electron chi connectivity index (χ0n) is 22.2. The van der Waals surface area contributed by atoms with Crippen LogP contribution in [0.3, 0.4) is 0 Å². The van der Waals surface area contributed by atoms with E-state index in [0.29, 0.717) is 43.0 Å². The van der Waals surface area contributed by atoms with Crippen molar-refractivity contribution in [3.05, 3.63) is 59.7 Å². The second-order valence-electron chi connectivity index (χ2n) is 8.71. The van der Waals surface area contributed by atoms with Gasteiger partial charge in [-0.3, -0.25) is 14.4 Å². The lowest BCUT2D eigenvalue weighted by Crippen LogP contribution is -2.53. The Labute approximate surface area is 224 Å². The normalized spacial score (nSPS) is 12.2. The predicted molar refractivity (Wildman–Crippen MR) is 145 cm³/mol. The van der Waals surface area contributed by atoms with E-state index in [9.17, 15) is 14.4 Å². The van der Waals surface area contributed by atoms with Crippen LogP contribution in [-0.4, -0.2) is 75.1 Å². The third kappa shape index (κ3) is 9.33. The van der Waals surface area contributed by atoms with Gasteiger partial charge in [0, 0.05) is 26.2 Å². The Kier molecular flexibility index (Phi) is 13.0. The molecule has 0 spiro atoms. The SMILES string of the molecule is COc1cccc(OC)c1CNC(=O)C(CCc1ccccc1)NC(=O)C(N)CC(=O)N(CCN)CCN. The topological polar surface area (TPSA) is 175 Å². The molecule has 3 amide bonds. The summed E-state index contributed by atoms with van der Waals surface area (Å²) in [5.74, 6) is -0.184. The fraction of sp³-hybridized carbons (Fsp3) is 0.444. The van der Waals surface area contributed by atoms with Gasteiger partial charge in [-0.1, -0.05) is 36.4 Å². The molecule has 0 aliphatic rings. The molecule has 2 atom stereocenters. The second kappa shape index (κ2) is 16.2. The molecule has 38 heavy (non-hydrogen) atoms. The maximum atomic E-state index is 13.2. The third-order valence-corrected chi connectivity index (χ3v) is 6.05. The minimum atomic E-state index is -1.14. The van der Waals surface area contributed by atoms with E-state index in [1.807, 2.05) is 30.3 Å². The van der Waals surface area contributed by atoms with Crippen LogP contribution >= 0.6 is 0 Å². The summed E-state index contributed by atoms with van der Waals surface area (Å²) in [6.45, 7) is 1.30. The summed E-state index contributed by atoms with van der Waals surface area (Å²) in [5.41, 5.74) is 18.9. The van der Waals surface area contributed by atoms with Crippen LogP contribution in [0, 0.1) is 0 Å². The average molecular weight is 529 g/mol. The fourth-order valence-electron chi connectivity index (χ4n) is 3.99. The largest absolute Gasteiger partial charge is 0.496 e. The number of rotatable bonds is 16. The lowest BCUT2D eigenvalue weighted by atomic mass is 10.0. The van der Waals surface area contributed by atoms with E-state index in [-0.39, 0.29) is 32.0 Å². The number of nitrogens with one attached hydrogen (secondary N) is 2. The Morgan fingerprint density at radius 3 is 2.05 bits per heavy atom. The van der Waals surface area contributed by atoms with Crippen LogP contribution in [0.1, 0.15) is 24.0 Å². The van der Waals surface area contributed by atoms with E-state index < -0.39 is 23.9 Å². The zero-order valence-corrected chi connectivity index (χ0v) is 22.2. The van der Waals surface area contributed by atoms with Crippen LogP contribution in [0.25, 0.3) is 0 Å². The van der Waals surface area contributed by atoms with Gasteiger partial charge in [0.25, 0.3) is 0 Å². The van der Waals surface area contributed by atoms with E-state index in [4.69, 9.17) is 26.7 Å². The van der Waals surface area contributed by atoms with Crippen molar-refractivity contribution in [3.8, 4) is 11.5 Å². The Bertz CT molecular complexity index is 1010. The maximum absolute atomic E-state index is 13.2. The highest BCUT2D eigenvalue weighted by atomic mass is 16.5. The first-order chi connectivity index (χ1) is 18.3. The highest BCUT2D eigenvalue weighted by molar-refractivity contribution is 5.92. The van der Waals surface area contributed by atoms with Gasteiger partial charge in [-0.05, 0) is 30.5 Å². The Morgan fingerprint density at radius 1 is 0.895 bits per heavy atom. The number of carbonyl (C=O) groups is 3. The molecule has 0 heterocycles. The van der Waals surface area contributed by atoms with Crippen LogP contribution in [0.5, 0.6) is 11.5 Å². The van der Waals surface area contributed by atoms with Crippen molar-refractivity contribution in [2.75, 3.05) is 40.4 Å². The average Bonchev–Trinajstić information content (AvgIpc) is 2.93. The monoisotopic (exact) mass is 528 g/mol. The first kappa shape index (κ1) is 30.6. The number of hydrogen-bond donors (Lipinski definition) is 5. The molecule has 11 heteroatoms. The van der Waals surface area contributed by atoms with Crippen molar-refractivity contribution in [3.63, 3.8) is 0 Å². The predicted octanol–water partition coefficient (Wildman–Crippen LogP) is -0.0990. The molecule has 2 unspecified atom stereocenters. The molecule has 208 valence electrons.